The molecule has 8 heteroatoms. The molecule has 4 rings (SSSR count). The number of fused-ring (bicyclic) bond motifs is 1. The third-order valence-corrected chi connectivity index (χ3v) is 6.17. The zero-order valence-electron chi connectivity index (χ0n) is 19.8. The Hall–Kier alpha value is -3.65. The van der Waals surface area contributed by atoms with Crippen LogP contribution in [0.15, 0.2) is 60.7 Å². The highest BCUT2D eigenvalue weighted by Crippen LogP contribution is 2.31. The molecule has 0 saturated heterocycles. The molecule has 0 spiro atoms. The number of nitrogens with one attached hydrogen (secondary N) is 1. The summed E-state index contributed by atoms with van der Waals surface area (Å²) in [5, 5.41) is 7.65. The number of amides is 2. The maximum Gasteiger partial charge on any atom is 0.273 e. The number of hydrogen-bond donors (Lipinski definition) is 1. The summed E-state index contributed by atoms with van der Waals surface area (Å²) in [4.78, 5) is 28.8. The van der Waals surface area contributed by atoms with Crippen LogP contribution in [0.1, 0.15) is 29.4 Å². The number of carbonyl (C=O) groups excluding carboxylic acids is 2. The van der Waals surface area contributed by atoms with Crippen LogP contribution in [0.4, 0.5) is 0 Å². The Labute approximate surface area is 199 Å². The van der Waals surface area contributed by atoms with Crippen LogP contribution in [0, 0.1) is 0 Å². The fourth-order valence-electron chi connectivity index (χ4n) is 4.16. The molecule has 0 fully saturated rings. The van der Waals surface area contributed by atoms with Crippen molar-refractivity contribution >= 4 is 11.8 Å². The van der Waals surface area contributed by atoms with Gasteiger partial charge in [0, 0.05) is 32.4 Å². The average Bonchev–Trinajstić information content (AvgIpc) is 3.29. The lowest BCUT2D eigenvalue weighted by Gasteiger charge is -2.43. The molecular weight excluding hydrogens is 432 g/mol. The maximum atomic E-state index is 13.7. The SMILES string of the molecule is COCCCNC(=O)[C@]1(C)Cn2nc(-c3ccccc3)cc2C(=O)N1Cc1ccc(OC)cc1. The Kier molecular flexibility index (Phi) is 6.98. The molecule has 3 aromatic rings. The molecule has 0 saturated carbocycles. The van der Waals surface area contributed by atoms with Gasteiger partial charge >= 0.3 is 0 Å². The van der Waals surface area contributed by atoms with E-state index in [9.17, 15) is 9.59 Å². The van der Waals surface area contributed by atoms with E-state index in [0.717, 1.165) is 16.9 Å². The van der Waals surface area contributed by atoms with Crippen molar-refractivity contribution in [3.05, 3.63) is 71.9 Å². The smallest absolute Gasteiger partial charge is 0.273 e. The van der Waals surface area contributed by atoms with Crippen molar-refractivity contribution in [1.82, 2.24) is 20.0 Å². The molecule has 1 aliphatic heterocycles. The van der Waals surface area contributed by atoms with Gasteiger partial charge < -0.3 is 19.7 Å². The van der Waals surface area contributed by atoms with Crippen LogP contribution >= 0.6 is 0 Å². The van der Waals surface area contributed by atoms with Crippen LogP contribution in [0.25, 0.3) is 11.3 Å². The Morgan fingerprint density at radius 2 is 1.85 bits per heavy atom. The van der Waals surface area contributed by atoms with Crippen molar-refractivity contribution in [2.24, 2.45) is 0 Å². The molecule has 1 N–H and O–H groups in total. The van der Waals surface area contributed by atoms with Crippen LogP contribution in [0.2, 0.25) is 0 Å². The molecule has 0 aliphatic carbocycles. The number of benzene rings is 2. The van der Waals surface area contributed by atoms with Gasteiger partial charge in [0.25, 0.3) is 5.91 Å². The largest absolute Gasteiger partial charge is 0.497 e. The zero-order valence-corrected chi connectivity index (χ0v) is 19.8. The van der Waals surface area contributed by atoms with Gasteiger partial charge in [-0.25, -0.2) is 0 Å². The minimum absolute atomic E-state index is 0.215. The van der Waals surface area contributed by atoms with Crippen LogP contribution in [0.3, 0.4) is 0 Å². The first-order chi connectivity index (χ1) is 16.5. The van der Waals surface area contributed by atoms with Crippen molar-refractivity contribution < 1.29 is 19.1 Å². The summed E-state index contributed by atoms with van der Waals surface area (Å²) in [7, 11) is 3.24. The standard InChI is InChI=1S/C26H30N4O4/c1-26(25(32)27-14-7-15-33-2)18-30-23(16-22(28-30)20-8-5-4-6-9-20)24(31)29(26)17-19-10-12-21(34-3)13-11-19/h4-6,8-13,16H,7,14-15,17-18H2,1-3H3,(H,27,32)/t26-/m0/s1. The molecule has 1 aromatic heterocycles. The Balaban J connectivity index is 1.67. The second kappa shape index (κ2) is 10.1. The van der Waals surface area contributed by atoms with E-state index in [1.54, 1.807) is 36.8 Å². The van der Waals surface area contributed by atoms with E-state index >= 15 is 0 Å². The highest BCUT2D eigenvalue weighted by molar-refractivity contribution is 6.00. The third-order valence-electron chi connectivity index (χ3n) is 6.17. The molecule has 178 valence electrons. The zero-order chi connectivity index (χ0) is 24.1. The normalized spacial score (nSPS) is 17.4. The van der Waals surface area contributed by atoms with Gasteiger partial charge in [-0.15, -0.1) is 0 Å². The molecular formula is C26H30N4O4. The van der Waals surface area contributed by atoms with Gasteiger partial charge in [0.15, 0.2) is 0 Å². The van der Waals surface area contributed by atoms with Crippen molar-refractivity contribution in [3.63, 3.8) is 0 Å². The Bertz CT molecular complexity index is 1140. The van der Waals surface area contributed by atoms with Crippen LogP contribution in [0.5, 0.6) is 5.75 Å². The van der Waals surface area contributed by atoms with E-state index in [1.165, 1.54) is 0 Å². The van der Waals surface area contributed by atoms with Gasteiger partial charge in [-0.2, -0.15) is 5.10 Å². The summed E-state index contributed by atoms with van der Waals surface area (Å²) in [6.45, 7) is 3.36. The topological polar surface area (TPSA) is 85.7 Å². The number of methoxy groups -OCH3 is 2. The van der Waals surface area contributed by atoms with E-state index in [-0.39, 0.29) is 24.9 Å². The lowest BCUT2D eigenvalue weighted by molar-refractivity contribution is -0.133. The third kappa shape index (κ3) is 4.68. The highest BCUT2D eigenvalue weighted by Gasteiger charge is 2.47. The molecule has 34 heavy (non-hydrogen) atoms. The molecule has 1 atom stereocenters. The summed E-state index contributed by atoms with van der Waals surface area (Å²) in [6.07, 6.45) is 0.690. The fraction of sp³-hybridized carbons (Fsp3) is 0.346. The minimum Gasteiger partial charge on any atom is -0.497 e. The number of rotatable bonds is 9. The lowest BCUT2D eigenvalue weighted by Crippen LogP contribution is -2.63. The first kappa shape index (κ1) is 23.5. The summed E-state index contributed by atoms with van der Waals surface area (Å²) in [5.74, 6) is 0.289. The number of aromatic nitrogens is 2. The summed E-state index contributed by atoms with van der Waals surface area (Å²) < 4.78 is 12.0. The summed E-state index contributed by atoms with van der Waals surface area (Å²) >= 11 is 0. The van der Waals surface area contributed by atoms with E-state index < -0.39 is 5.54 Å². The molecule has 8 nitrogen and oxygen atoms in total. The lowest BCUT2D eigenvalue weighted by atomic mass is 9.94. The van der Waals surface area contributed by atoms with Gasteiger partial charge in [-0.1, -0.05) is 42.5 Å². The second-order valence-corrected chi connectivity index (χ2v) is 8.55. The number of carbonyl (C=O) groups is 2. The highest BCUT2D eigenvalue weighted by atomic mass is 16.5. The number of nitrogens with zero attached hydrogens (tertiary/aromatic N) is 3. The predicted octanol–water partition coefficient (Wildman–Crippen LogP) is 3.13. The average molecular weight is 463 g/mol. The Morgan fingerprint density at radius 3 is 2.53 bits per heavy atom. The second-order valence-electron chi connectivity index (χ2n) is 8.55. The quantitative estimate of drug-likeness (QED) is 0.494. The van der Waals surface area contributed by atoms with E-state index in [0.29, 0.717) is 31.0 Å². The van der Waals surface area contributed by atoms with E-state index in [4.69, 9.17) is 9.47 Å². The van der Waals surface area contributed by atoms with Crippen molar-refractivity contribution in [2.45, 2.75) is 32.0 Å². The van der Waals surface area contributed by atoms with Gasteiger partial charge in [0.05, 0.1) is 19.3 Å². The Morgan fingerprint density at radius 1 is 1.12 bits per heavy atom. The summed E-state index contributed by atoms with van der Waals surface area (Å²) in [6, 6.07) is 19.0. The summed E-state index contributed by atoms with van der Waals surface area (Å²) in [5.41, 5.74) is 1.89. The monoisotopic (exact) mass is 462 g/mol. The fourth-order valence-corrected chi connectivity index (χ4v) is 4.16. The van der Waals surface area contributed by atoms with Crippen LogP contribution in [-0.4, -0.2) is 59.4 Å². The van der Waals surface area contributed by atoms with Crippen molar-refractivity contribution in [1.29, 1.82) is 0 Å². The molecule has 2 amide bonds. The van der Waals surface area contributed by atoms with Gasteiger partial charge in [0.2, 0.25) is 5.91 Å². The molecule has 2 aromatic carbocycles. The molecule has 2 heterocycles. The van der Waals surface area contributed by atoms with Gasteiger partial charge in [0.1, 0.15) is 17.0 Å². The molecule has 0 unspecified atom stereocenters. The first-order valence-corrected chi connectivity index (χ1v) is 11.3. The van der Waals surface area contributed by atoms with Crippen LogP contribution in [-0.2, 0) is 22.6 Å². The molecule has 0 bridgehead atoms. The minimum atomic E-state index is -1.11. The van der Waals surface area contributed by atoms with Crippen molar-refractivity contribution in [2.75, 3.05) is 27.4 Å². The van der Waals surface area contributed by atoms with E-state index in [1.807, 2.05) is 54.6 Å². The molecule has 0 radical (unpaired) electrons. The van der Waals surface area contributed by atoms with Gasteiger partial charge in [-0.3, -0.25) is 14.3 Å². The van der Waals surface area contributed by atoms with Crippen LogP contribution < -0.4 is 10.1 Å². The maximum absolute atomic E-state index is 13.7. The predicted molar refractivity (Wildman–Crippen MR) is 128 cm³/mol. The number of hydrogen-bond acceptors (Lipinski definition) is 5. The van der Waals surface area contributed by atoms with E-state index in [2.05, 4.69) is 10.4 Å². The molecule has 1 aliphatic rings. The first-order valence-electron chi connectivity index (χ1n) is 11.3. The van der Waals surface area contributed by atoms with Crippen molar-refractivity contribution in [3.8, 4) is 17.0 Å². The van der Waals surface area contributed by atoms with Gasteiger partial charge in [-0.05, 0) is 37.1 Å². The number of ether oxygens (including phenoxy) is 2.